The summed E-state index contributed by atoms with van der Waals surface area (Å²) in [6, 6.07) is 35.3. The lowest BCUT2D eigenvalue weighted by Gasteiger charge is -2.24. The summed E-state index contributed by atoms with van der Waals surface area (Å²) in [5.41, 5.74) is 20.0. The number of hydrogen-bond acceptors (Lipinski definition) is 0. The number of hydrogen-bond donors (Lipinski definition) is 0. The summed E-state index contributed by atoms with van der Waals surface area (Å²) in [4.78, 5) is 0. The van der Waals surface area contributed by atoms with E-state index in [1.165, 1.54) is 44.5 Å². The third kappa shape index (κ3) is 5.58. The molecule has 0 bridgehead atoms. The van der Waals surface area contributed by atoms with E-state index in [-0.39, 0.29) is 5.41 Å². The standard InChI is InChI=1S/C48H44/c1-10-35(29-34-27-31(5)26-32(6)28-34)38(11-2)46(41-19-15-14-18-33(41)7)37-24-22-36(23-25-37)43-30-45-47(40(13-4)39(43)12-3)42-20-16-17-21-44(42)48(45,8)9/h10-30H,1-4H2,5-9H3/b35-29+,46-38-. The van der Waals surface area contributed by atoms with Gasteiger partial charge in [-0.05, 0) is 116 Å². The molecule has 0 N–H and O–H groups in total. The van der Waals surface area contributed by atoms with Gasteiger partial charge >= 0.3 is 0 Å². The van der Waals surface area contributed by atoms with Crippen molar-refractivity contribution in [2.75, 3.05) is 0 Å². The molecule has 48 heavy (non-hydrogen) atoms. The van der Waals surface area contributed by atoms with Gasteiger partial charge in [0.15, 0.2) is 0 Å². The molecule has 236 valence electrons. The van der Waals surface area contributed by atoms with Crippen LogP contribution in [0.2, 0.25) is 0 Å². The first-order valence-electron chi connectivity index (χ1n) is 16.7. The van der Waals surface area contributed by atoms with Crippen LogP contribution < -0.4 is 0 Å². The van der Waals surface area contributed by atoms with Crippen molar-refractivity contribution in [1.29, 1.82) is 0 Å². The summed E-state index contributed by atoms with van der Waals surface area (Å²) in [5.74, 6) is 0. The molecule has 0 amide bonds. The van der Waals surface area contributed by atoms with E-state index >= 15 is 0 Å². The molecule has 5 aromatic rings. The van der Waals surface area contributed by atoms with Gasteiger partial charge < -0.3 is 0 Å². The Morgan fingerprint density at radius 3 is 1.90 bits per heavy atom. The molecule has 0 saturated heterocycles. The predicted molar refractivity (Wildman–Crippen MR) is 211 cm³/mol. The van der Waals surface area contributed by atoms with E-state index in [9.17, 15) is 0 Å². The highest BCUT2D eigenvalue weighted by molar-refractivity contribution is 5.96. The minimum atomic E-state index is -0.124. The number of benzene rings is 5. The van der Waals surface area contributed by atoms with Gasteiger partial charge in [0.1, 0.15) is 0 Å². The summed E-state index contributed by atoms with van der Waals surface area (Å²) in [7, 11) is 0. The number of fused-ring (bicyclic) bond motifs is 3. The van der Waals surface area contributed by atoms with Gasteiger partial charge in [-0.1, -0.05) is 167 Å². The van der Waals surface area contributed by atoms with Crippen molar-refractivity contribution in [3.8, 4) is 22.3 Å². The third-order valence-electron chi connectivity index (χ3n) is 9.83. The minimum absolute atomic E-state index is 0.124. The zero-order chi connectivity index (χ0) is 34.2. The van der Waals surface area contributed by atoms with E-state index in [1.54, 1.807) is 0 Å². The molecule has 0 fully saturated rings. The largest absolute Gasteiger partial charge is 0.0984 e. The van der Waals surface area contributed by atoms with Crippen molar-refractivity contribution < 1.29 is 0 Å². The molecule has 0 unspecified atom stereocenters. The van der Waals surface area contributed by atoms with Crippen LogP contribution in [0, 0.1) is 20.8 Å². The van der Waals surface area contributed by atoms with E-state index in [0.717, 1.165) is 50.1 Å². The first kappa shape index (κ1) is 32.5. The average molecular weight is 621 g/mol. The zero-order valence-corrected chi connectivity index (χ0v) is 29.0. The van der Waals surface area contributed by atoms with Gasteiger partial charge in [0.05, 0.1) is 0 Å². The Morgan fingerprint density at radius 1 is 0.625 bits per heavy atom. The van der Waals surface area contributed by atoms with Crippen LogP contribution in [-0.2, 0) is 5.41 Å². The fraction of sp³-hybridized carbons (Fsp3) is 0.125. The highest BCUT2D eigenvalue weighted by Gasteiger charge is 2.37. The molecule has 0 heterocycles. The maximum Gasteiger partial charge on any atom is 0.0159 e. The Hall–Kier alpha value is -5.46. The molecule has 0 radical (unpaired) electrons. The predicted octanol–water partition coefficient (Wildman–Crippen LogP) is 13.1. The van der Waals surface area contributed by atoms with Crippen molar-refractivity contribution in [3.05, 3.63) is 202 Å². The number of rotatable bonds is 9. The monoisotopic (exact) mass is 620 g/mol. The number of aryl methyl sites for hydroxylation is 3. The molecular formula is C48H44. The van der Waals surface area contributed by atoms with Crippen LogP contribution in [0.5, 0.6) is 0 Å². The van der Waals surface area contributed by atoms with Crippen LogP contribution in [0.25, 0.3) is 46.1 Å². The lowest BCUT2D eigenvalue weighted by atomic mass is 9.79. The highest BCUT2D eigenvalue weighted by atomic mass is 14.4. The molecule has 6 rings (SSSR count). The Morgan fingerprint density at radius 2 is 1.27 bits per heavy atom. The lowest BCUT2D eigenvalue weighted by Crippen LogP contribution is -2.15. The van der Waals surface area contributed by atoms with Gasteiger partial charge in [0.25, 0.3) is 0 Å². The molecule has 0 nitrogen and oxygen atoms in total. The van der Waals surface area contributed by atoms with Gasteiger partial charge in [-0.15, -0.1) is 0 Å². The van der Waals surface area contributed by atoms with Gasteiger partial charge in [-0.3, -0.25) is 0 Å². The molecule has 0 heteroatoms. The van der Waals surface area contributed by atoms with E-state index in [0.29, 0.717) is 0 Å². The molecule has 0 aromatic heterocycles. The minimum Gasteiger partial charge on any atom is -0.0984 e. The van der Waals surface area contributed by atoms with Crippen LogP contribution in [0.15, 0.2) is 147 Å². The van der Waals surface area contributed by atoms with Gasteiger partial charge in [0, 0.05) is 5.41 Å². The molecule has 0 atom stereocenters. The fourth-order valence-electron chi connectivity index (χ4n) is 7.57. The van der Waals surface area contributed by atoms with Crippen LogP contribution in [0.3, 0.4) is 0 Å². The third-order valence-corrected chi connectivity index (χ3v) is 9.83. The van der Waals surface area contributed by atoms with Crippen molar-refractivity contribution in [1.82, 2.24) is 0 Å². The normalized spacial score (nSPS) is 13.6. The van der Waals surface area contributed by atoms with Crippen molar-refractivity contribution in [2.45, 2.75) is 40.0 Å². The van der Waals surface area contributed by atoms with Crippen molar-refractivity contribution in [2.24, 2.45) is 0 Å². The second-order valence-corrected chi connectivity index (χ2v) is 13.4. The topological polar surface area (TPSA) is 0 Å². The first-order chi connectivity index (χ1) is 23.1. The summed E-state index contributed by atoms with van der Waals surface area (Å²) in [5, 5.41) is 0. The Bertz CT molecular complexity index is 2150. The van der Waals surface area contributed by atoms with Crippen molar-refractivity contribution in [3.63, 3.8) is 0 Å². The maximum atomic E-state index is 4.31. The molecule has 0 saturated carbocycles. The SMILES string of the molecule is C=CC(=C(\c1ccc(-c2cc3c(c(C=C)c2C=C)-c2ccccc2C3(C)C)cc1)c1ccccc1C)/C(C=C)=C/c1cc(C)cc(C)c1. The van der Waals surface area contributed by atoms with E-state index in [4.69, 9.17) is 0 Å². The van der Waals surface area contributed by atoms with E-state index < -0.39 is 0 Å². The Labute approximate surface area is 287 Å². The molecule has 1 aliphatic rings. The zero-order valence-electron chi connectivity index (χ0n) is 29.0. The quantitative estimate of drug-likeness (QED) is 0.144. The van der Waals surface area contributed by atoms with E-state index in [1.807, 2.05) is 24.3 Å². The van der Waals surface area contributed by atoms with Crippen LogP contribution in [-0.4, -0.2) is 0 Å². The Kier molecular flexibility index (Phi) is 8.78. The second-order valence-electron chi connectivity index (χ2n) is 13.4. The highest BCUT2D eigenvalue weighted by Crippen LogP contribution is 2.53. The van der Waals surface area contributed by atoms with Gasteiger partial charge in [0.2, 0.25) is 0 Å². The van der Waals surface area contributed by atoms with E-state index in [2.05, 4.69) is 164 Å². The number of allylic oxidation sites excluding steroid dienone is 4. The molecular weight excluding hydrogens is 577 g/mol. The molecule has 5 aromatic carbocycles. The van der Waals surface area contributed by atoms with Crippen LogP contribution >= 0.6 is 0 Å². The molecule has 0 aliphatic heterocycles. The van der Waals surface area contributed by atoms with Crippen LogP contribution in [0.1, 0.15) is 69.5 Å². The fourth-order valence-corrected chi connectivity index (χ4v) is 7.57. The van der Waals surface area contributed by atoms with Crippen LogP contribution in [0.4, 0.5) is 0 Å². The first-order valence-corrected chi connectivity index (χ1v) is 16.7. The second kappa shape index (κ2) is 13.0. The summed E-state index contributed by atoms with van der Waals surface area (Å²) >= 11 is 0. The lowest BCUT2D eigenvalue weighted by molar-refractivity contribution is 0.660. The summed E-state index contributed by atoms with van der Waals surface area (Å²) in [6.07, 6.45) is 10.1. The Balaban J connectivity index is 1.55. The molecule has 1 aliphatic carbocycles. The maximum absolute atomic E-state index is 4.31. The smallest absolute Gasteiger partial charge is 0.0159 e. The van der Waals surface area contributed by atoms with Crippen molar-refractivity contribution >= 4 is 23.8 Å². The summed E-state index contributed by atoms with van der Waals surface area (Å²) in [6.45, 7) is 28.2. The summed E-state index contributed by atoms with van der Waals surface area (Å²) < 4.78 is 0. The average Bonchev–Trinajstić information content (AvgIpc) is 3.31. The van der Waals surface area contributed by atoms with Gasteiger partial charge in [-0.2, -0.15) is 0 Å². The molecule has 0 spiro atoms. The van der Waals surface area contributed by atoms with Gasteiger partial charge in [-0.25, -0.2) is 0 Å².